The van der Waals surface area contributed by atoms with E-state index in [-0.39, 0.29) is 0 Å². The fraction of sp³-hybridized carbons (Fsp3) is 0.750. The van der Waals surface area contributed by atoms with Crippen molar-refractivity contribution in [3.63, 3.8) is 0 Å². The Labute approximate surface area is 130 Å². The molecule has 1 saturated carbocycles. The summed E-state index contributed by atoms with van der Waals surface area (Å²) < 4.78 is 1.28. The van der Waals surface area contributed by atoms with Gasteiger partial charge >= 0.3 is 0 Å². The van der Waals surface area contributed by atoms with Crippen LogP contribution in [-0.2, 0) is 6.42 Å². The van der Waals surface area contributed by atoms with E-state index in [0.29, 0.717) is 5.41 Å². The van der Waals surface area contributed by atoms with Crippen LogP contribution in [0.25, 0.3) is 0 Å². The van der Waals surface area contributed by atoms with Crippen molar-refractivity contribution in [2.24, 2.45) is 17.1 Å². The van der Waals surface area contributed by atoms with Crippen LogP contribution in [-0.4, -0.2) is 6.54 Å². The van der Waals surface area contributed by atoms with Gasteiger partial charge in [0.25, 0.3) is 0 Å². The summed E-state index contributed by atoms with van der Waals surface area (Å²) in [7, 11) is 0. The van der Waals surface area contributed by atoms with Crippen molar-refractivity contribution in [3.05, 3.63) is 20.8 Å². The quantitative estimate of drug-likeness (QED) is 0.737. The lowest BCUT2D eigenvalue weighted by Gasteiger charge is -2.39. The number of hydrogen-bond donors (Lipinski definition) is 1. The van der Waals surface area contributed by atoms with E-state index in [2.05, 4.69) is 34.3 Å². The molecule has 0 bridgehead atoms. The molecule has 108 valence electrons. The van der Waals surface area contributed by atoms with Gasteiger partial charge in [0.1, 0.15) is 0 Å². The molecule has 19 heavy (non-hydrogen) atoms. The van der Waals surface area contributed by atoms with E-state index < -0.39 is 0 Å². The number of rotatable bonds is 6. The van der Waals surface area contributed by atoms with Crippen molar-refractivity contribution in [3.8, 4) is 0 Å². The molecular formula is C16H26BrNS. The molecule has 2 rings (SSSR count). The molecule has 0 atom stereocenters. The van der Waals surface area contributed by atoms with Crippen molar-refractivity contribution in [1.82, 2.24) is 0 Å². The summed E-state index contributed by atoms with van der Waals surface area (Å²) in [6.45, 7) is 3.14. The third kappa shape index (κ3) is 4.05. The number of unbranched alkanes of at least 4 members (excludes halogenated alkanes) is 1. The number of thiophene rings is 1. The second-order valence-corrected chi connectivity index (χ2v) is 8.01. The van der Waals surface area contributed by atoms with E-state index >= 15 is 0 Å². The molecule has 3 heteroatoms. The van der Waals surface area contributed by atoms with Crippen LogP contribution in [0.1, 0.15) is 56.7 Å². The summed E-state index contributed by atoms with van der Waals surface area (Å²) in [5.74, 6) is 0.964. The van der Waals surface area contributed by atoms with Crippen LogP contribution in [0, 0.1) is 11.3 Å². The molecule has 0 saturated heterocycles. The Morgan fingerprint density at radius 1 is 1.42 bits per heavy atom. The molecule has 0 aliphatic heterocycles. The van der Waals surface area contributed by atoms with Gasteiger partial charge in [0.15, 0.2) is 0 Å². The molecule has 1 aliphatic rings. The SMILES string of the molecule is CCCCC1CCC(CN)(Cc2sccc2Br)CC1. The maximum atomic E-state index is 6.14. The first kappa shape index (κ1) is 15.5. The van der Waals surface area contributed by atoms with E-state index in [1.165, 1.54) is 60.7 Å². The van der Waals surface area contributed by atoms with E-state index in [4.69, 9.17) is 5.73 Å². The third-order valence-corrected chi connectivity index (χ3v) is 6.72. The van der Waals surface area contributed by atoms with Crippen LogP contribution in [0.4, 0.5) is 0 Å². The predicted octanol–water partition coefficient (Wildman–Crippen LogP) is 5.38. The first-order chi connectivity index (χ1) is 9.19. The molecule has 2 N–H and O–H groups in total. The lowest BCUT2D eigenvalue weighted by molar-refractivity contribution is 0.150. The van der Waals surface area contributed by atoms with E-state index in [0.717, 1.165) is 12.5 Å². The standard InChI is InChI=1S/C16H26BrNS/c1-2-3-4-13-5-8-16(12-18,9-6-13)11-15-14(17)7-10-19-15/h7,10,13H,2-6,8-9,11-12,18H2,1H3. The van der Waals surface area contributed by atoms with E-state index in [1.807, 2.05) is 11.3 Å². The monoisotopic (exact) mass is 343 g/mol. The summed E-state index contributed by atoms with van der Waals surface area (Å²) in [5.41, 5.74) is 6.51. The second-order valence-electron chi connectivity index (χ2n) is 6.16. The minimum Gasteiger partial charge on any atom is -0.330 e. The van der Waals surface area contributed by atoms with Crippen molar-refractivity contribution in [1.29, 1.82) is 0 Å². The maximum Gasteiger partial charge on any atom is 0.0314 e. The Kier molecular flexibility index (Phi) is 5.91. The first-order valence-corrected chi connectivity index (χ1v) is 9.28. The van der Waals surface area contributed by atoms with Crippen molar-refractivity contribution < 1.29 is 0 Å². The predicted molar refractivity (Wildman–Crippen MR) is 88.7 cm³/mol. The Morgan fingerprint density at radius 3 is 2.68 bits per heavy atom. The van der Waals surface area contributed by atoms with Gasteiger partial charge in [0, 0.05) is 9.35 Å². The van der Waals surface area contributed by atoms with Gasteiger partial charge in [-0.05, 0) is 77.4 Å². The van der Waals surface area contributed by atoms with Crippen LogP contribution in [0.15, 0.2) is 15.9 Å². The zero-order valence-corrected chi connectivity index (χ0v) is 14.4. The highest BCUT2D eigenvalue weighted by molar-refractivity contribution is 9.10. The minimum absolute atomic E-state index is 0.371. The summed E-state index contributed by atoms with van der Waals surface area (Å²) in [5, 5.41) is 2.18. The van der Waals surface area contributed by atoms with Crippen LogP contribution >= 0.6 is 27.3 Å². The molecular weight excluding hydrogens is 318 g/mol. The van der Waals surface area contributed by atoms with Crippen molar-refractivity contribution >= 4 is 27.3 Å². The van der Waals surface area contributed by atoms with Crippen LogP contribution in [0.2, 0.25) is 0 Å². The van der Waals surface area contributed by atoms with Gasteiger partial charge in [0.2, 0.25) is 0 Å². The summed E-state index contributed by atoms with van der Waals surface area (Å²) in [4.78, 5) is 1.48. The second kappa shape index (κ2) is 7.24. The average Bonchev–Trinajstić information content (AvgIpc) is 2.83. The molecule has 0 unspecified atom stereocenters. The Morgan fingerprint density at radius 2 is 2.16 bits per heavy atom. The Hall–Kier alpha value is 0.140. The smallest absolute Gasteiger partial charge is 0.0314 e. The van der Waals surface area contributed by atoms with Gasteiger partial charge in [-0.2, -0.15) is 0 Å². The van der Waals surface area contributed by atoms with Gasteiger partial charge in [-0.1, -0.05) is 26.2 Å². The van der Waals surface area contributed by atoms with Gasteiger partial charge < -0.3 is 5.73 Å². The Bertz CT molecular complexity index is 380. The fourth-order valence-electron chi connectivity index (χ4n) is 3.32. The van der Waals surface area contributed by atoms with Gasteiger partial charge in [0.05, 0.1) is 0 Å². The largest absolute Gasteiger partial charge is 0.330 e. The van der Waals surface area contributed by atoms with E-state index in [1.54, 1.807) is 0 Å². The summed E-state index contributed by atoms with van der Waals surface area (Å²) in [6.07, 6.45) is 10.8. The number of halogens is 1. The molecule has 0 radical (unpaired) electrons. The van der Waals surface area contributed by atoms with Crippen molar-refractivity contribution in [2.75, 3.05) is 6.54 Å². The normalized spacial score (nSPS) is 27.6. The highest BCUT2D eigenvalue weighted by Gasteiger charge is 2.34. The topological polar surface area (TPSA) is 26.0 Å². The molecule has 1 heterocycles. The highest BCUT2D eigenvalue weighted by atomic mass is 79.9. The molecule has 1 aromatic rings. The van der Waals surface area contributed by atoms with Gasteiger partial charge in [-0.15, -0.1) is 11.3 Å². The lowest BCUT2D eigenvalue weighted by Crippen LogP contribution is -2.36. The third-order valence-electron chi connectivity index (χ3n) is 4.79. The summed E-state index contributed by atoms with van der Waals surface area (Å²) in [6, 6.07) is 2.16. The molecule has 0 spiro atoms. The zero-order chi connectivity index (χ0) is 13.7. The summed E-state index contributed by atoms with van der Waals surface area (Å²) >= 11 is 5.53. The van der Waals surface area contributed by atoms with Crippen molar-refractivity contribution in [2.45, 2.75) is 58.3 Å². The molecule has 1 fully saturated rings. The average molecular weight is 344 g/mol. The highest BCUT2D eigenvalue weighted by Crippen LogP contribution is 2.43. The zero-order valence-electron chi connectivity index (χ0n) is 12.0. The fourth-order valence-corrected chi connectivity index (χ4v) is 4.98. The van der Waals surface area contributed by atoms with Crippen LogP contribution in [0.5, 0.6) is 0 Å². The first-order valence-electron chi connectivity index (χ1n) is 7.61. The molecule has 1 aliphatic carbocycles. The molecule has 0 amide bonds. The minimum atomic E-state index is 0.371. The molecule has 1 aromatic heterocycles. The number of hydrogen-bond acceptors (Lipinski definition) is 2. The molecule has 1 nitrogen and oxygen atoms in total. The van der Waals surface area contributed by atoms with Crippen LogP contribution < -0.4 is 5.73 Å². The molecule has 0 aromatic carbocycles. The number of nitrogens with two attached hydrogens (primary N) is 1. The van der Waals surface area contributed by atoms with E-state index in [9.17, 15) is 0 Å². The van der Waals surface area contributed by atoms with Gasteiger partial charge in [-0.3, -0.25) is 0 Å². The van der Waals surface area contributed by atoms with Crippen LogP contribution in [0.3, 0.4) is 0 Å². The van der Waals surface area contributed by atoms with Gasteiger partial charge in [-0.25, -0.2) is 0 Å². The maximum absolute atomic E-state index is 6.14. The lowest BCUT2D eigenvalue weighted by atomic mass is 9.67. The Balaban J connectivity index is 1.92.